The summed E-state index contributed by atoms with van der Waals surface area (Å²) in [5.74, 6) is 1.73. The van der Waals surface area contributed by atoms with Gasteiger partial charge in [-0.05, 0) is 213 Å². The van der Waals surface area contributed by atoms with Crippen molar-refractivity contribution in [2.45, 2.75) is 19.3 Å². The van der Waals surface area contributed by atoms with Gasteiger partial charge in [0.05, 0.1) is 14.2 Å². The molecule has 0 aromatic heterocycles. The molecule has 0 fully saturated rings. The van der Waals surface area contributed by atoms with E-state index in [4.69, 9.17) is 9.47 Å². The van der Waals surface area contributed by atoms with Crippen LogP contribution in [0.5, 0.6) is 11.5 Å². The van der Waals surface area contributed by atoms with E-state index in [2.05, 4.69) is 269 Å². The minimum Gasteiger partial charge on any atom is -0.497 e. The first-order valence-electron chi connectivity index (χ1n) is 28.1. The van der Waals surface area contributed by atoms with Crippen molar-refractivity contribution in [1.29, 1.82) is 0 Å². The monoisotopic (exact) mass is 1030 g/mol. The van der Waals surface area contributed by atoms with Crippen LogP contribution in [-0.2, 0) is 5.41 Å². The molecule has 1 aliphatic carbocycles. The third-order valence-corrected chi connectivity index (χ3v) is 18.0. The van der Waals surface area contributed by atoms with Crippen LogP contribution in [0.25, 0.3) is 153 Å². The van der Waals surface area contributed by atoms with Crippen LogP contribution in [0.4, 0.5) is 0 Å². The van der Waals surface area contributed by atoms with E-state index in [1.165, 1.54) is 153 Å². The average molecular weight is 1040 g/mol. The van der Waals surface area contributed by atoms with Gasteiger partial charge in [-0.2, -0.15) is 0 Å². The van der Waals surface area contributed by atoms with Crippen LogP contribution >= 0.6 is 0 Å². The van der Waals surface area contributed by atoms with E-state index in [1.807, 2.05) is 0 Å². The first kappa shape index (κ1) is 47.0. The summed E-state index contributed by atoms with van der Waals surface area (Å²) in [5.41, 5.74) is 17.5. The number of methoxy groups -OCH3 is 2. The quantitative estimate of drug-likeness (QED) is 0.148. The Kier molecular flexibility index (Phi) is 10.5. The maximum Gasteiger partial charge on any atom is 0.119 e. The molecule has 81 heavy (non-hydrogen) atoms. The van der Waals surface area contributed by atoms with E-state index in [9.17, 15) is 0 Å². The first-order valence-corrected chi connectivity index (χ1v) is 28.1. The second kappa shape index (κ2) is 18.0. The van der Waals surface area contributed by atoms with Gasteiger partial charge < -0.3 is 9.47 Å². The fourth-order valence-electron chi connectivity index (χ4n) is 14.2. The third kappa shape index (κ3) is 7.06. The largest absolute Gasteiger partial charge is 0.497 e. The average Bonchev–Trinajstić information content (AvgIpc) is 4.00. The summed E-state index contributed by atoms with van der Waals surface area (Å²) in [7, 11) is 3.46. The van der Waals surface area contributed by atoms with Crippen LogP contribution in [0.1, 0.15) is 25.0 Å². The lowest BCUT2D eigenvalue weighted by Crippen LogP contribution is -2.15. The molecule has 0 spiro atoms. The topological polar surface area (TPSA) is 18.5 Å². The highest BCUT2D eigenvalue weighted by molar-refractivity contribution is 6.30. The van der Waals surface area contributed by atoms with Crippen LogP contribution in [0, 0.1) is 0 Å². The van der Waals surface area contributed by atoms with Crippen molar-refractivity contribution < 1.29 is 9.47 Å². The maximum atomic E-state index is 5.60. The van der Waals surface area contributed by atoms with Crippen molar-refractivity contribution in [1.82, 2.24) is 0 Å². The Morgan fingerprint density at radius 1 is 0.235 bits per heavy atom. The van der Waals surface area contributed by atoms with Gasteiger partial charge >= 0.3 is 0 Å². The summed E-state index contributed by atoms with van der Waals surface area (Å²) in [6, 6.07) is 95.3. The van der Waals surface area contributed by atoms with Crippen molar-refractivity contribution in [3.05, 3.63) is 266 Å². The van der Waals surface area contributed by atoms with Crippen molar-refractivity contribution in [3.63, 3.8) is 0 Å². The molecule has 0 unspecified atom stereocenters. The molecule has 0 amide bonds. The molecule has 382 valence electrons. The lowest BCUT2D eigenvalue weighted by atomic mass is 9.78. The maximum absolute atomic E-state index is 5.60. The second-order valence-corrected chi connectivity index (χ2v) is 22.5. The van der Waals surface area contributed by atoms with Crippen molar-refractivity contribution in [3.8, 4) is 78.3 Å². The molecule has 0 N–H and O–H groups in total. The zero-order chi connectivity index (χ0) is 54.1. The zero-order valence-corrected chi connectivity index (χ0v) is 45.6. The summed E-state index contributed by atoms with van der Waals surface area (Å²) in [6.07, 6.45) is 0. The molecule has 15 aromatic rings. The standard InChI is InChI=1S/C79H54O2/c1-79(2)71-45-53(75-61-19-7-5-17-59(61)73(60-18-6-8-20-62(60)75)51-31-29-49-43-55(80-3)37-33-47(49)41-51)35-39-57(71)58-40-36-54(46-72(58)79)76-65-23-11-15-27-69(65)78(70-28-16-12-24-66(70)76)77-67-25-13-9-21-63(67)74(64-22-10-14-26-68(64)77)52-32-30-50-44-56(81-4)38-34-48(50)42-52/h5-46H,1-4H3. The Morgan fingerprint density at radius 2 is 0.469 bits per heavy atom. The van der Waals surface area contributed by atoms with Crippen molar-refractivity contribution in [2.75, 3.05) is 14.2 Å². The van der Waals surface area contributed by atoms with E-state index in [-0.39, 0.29) is 5.41 Å². The lowest BCUT2D eigenvalue weighted by molar-refractivity contribution is 0.415. The van der Waals surface area contributed by atoms with Crippen LogP contribution in [0.15, 0.2) is 255 Å². The summed E-state index contributed by atoms with van der Waals surface area (Å²) < 4.78 is 11.2. The Bertz CT molecular complexity index is 5000. The molecule has 15 aromatic carbocycles. The van der Waals surface area contributed by atoms with Gasteiger partial charge in [-0.3, -0.25) is 0 Å². The summed E-state index contributed by atoms with van der Waals surface area (Å²) in [4.78, 5) is 0. The number of hydrogen-bond acceptors (Lipinski definition) is 2. The van der Waals surface area contributed by atoms with E-state index in [0.717, 1.165) is 22.3 Å². The van der Waals surface area contributed by atoms with Gasteiger partial charge in [0.2, 0.25) is 0 Å². The molecule has 0 radical (unpaired) electrons. The number of rotatable bonds is 7. The van der Waals surface area contributed by atoms with Crippen LogP contribution in [-0.4, -0.2) is 14.2 Å². The molecule has 0 saturated carbocycles. The van der Waals surface area contributed by atoms with E-state index in [0.29, 0.717) is 0 Å². The molecule has 0 saturated heterocycles. The minimum atomic E-state index is -0.279. The minimum absolute atomic E-state index is 0.279. The van der Waals surface area contributed by atoms with E-state index < -0.39 is 0 Å². The molecule has 0 heterocycles. The SMILES string of the molecule is COc1ccc2cc(-c3c4ccccc4c(-c4ccc5c(c4)C(C)(C)c4cc(-c6c7ccccc7c(-c7c8ccccc8c(-c8ccc9cc(OC)ccc9c8)c8ccccc78)c7ccccc67)ccc4-5)c4ccccc34)ccc2c1. The summed E-state index contributed by atoms with van der Waals surface area (Å²) in [5, 5.41) is 19.6. The van der Waals surface area contributed by atoms with Gasteiger partial charge in [-0.25, -0.2) is 0 Å². The van der Waals surface area contributed by atoms with Crippen LogP contribution in [0.3, 0.4) is 0 Å². The van der Waals surface area contributed by atoms with E-state index >= 15 is 0 Å². The Hall–Kier alpha value is -10.0. The third-order valence-electron chi connectivity index (χ3n) is 18.0. The van der Waals surface area contributed by atoms with Gasteiger partial charge in [-0.15, -0.1) is 0 Å². The number of benzene rings is 15. The van der Waals surface area contributed by atoms with Crippen molar-refractivity contribution >= 4 is 86.2 Å². The highest BCUT2D eigenvalue weighted by Crippen LogP contribution is 2.55. The highest BCUT2D eigenvalue weighted by Gasteiger charge is 2.37. The van der Waals surface area contributed by atoms with Gasteiger partial charge in [0.1, 0.15) is 11.5 Å². The Labute approximate surface area is 470 Å². The molecule has 1 aliphatic rings. The van der Waals surface area contributed by atoms with Crippen molar-refractivity contribution in [2.24, 2.45) is 0 Å². The summed E-state index contributed by atoms with van der Waals surface area (Å²) >= 11 is 0. The molecule has 0 aliphatic heterocycles. The lowest BCUT2D eigenvalue weighted by Gasteiger charge is -2.24. The predicted molar refractivity (Wildman–Crippen MR) is 344 cm³/mol. The van der Waals surface area contributed by atoms with Gasteiger partial charge in [0.25, 0.3) is 0 Å². The van der Waals surface area contributed by atoms with Gasteiger partial charge in [0.15, 0.2) is 0 Å². The Morgan fingerprint density at radius 3 is 0.753 bits per heavy atom. The van der Waals surface area contributed by atoms with E-state index in [1.54, 1.807) is 14.2 Å². The number of fused-ring (bicyclic) bond motifs is 11. The molecule has 0 bridgehead atoms. The molecule has 2 nitrogen and oxygen atoms in total. The number of hydrogen-bond donors (Lipinski definition) is 0. The molecule has 16 rings (SSSR count). The van der Waals surface area contributed by atoms with Crippen LogP contribution in [0.2, 0.25) is 0 Å². The fraction of sp³-hybridized carbons (Fsp3) is 0.0633. The zero-order valence-electron chi connectivity index (χ0n) is 45.6. The van der Waals surface area contributed by atoms with Gasteiger partial charge in [-0.1, -0.05) is 220 Å². The number of ether oxygens (including phenoxy) is 2. The molecular weight excluding hydrogens is 981 g/mol. The summed E-state index contributed by atoms with van der Waals surface area (Å²) in [6.45, 7) is 4.85. The Balaban J connectivity index is 0.849. The fourth-order valence-corrected chi connectivity index (χ4v) is 14.2. The molecule has 0 atom stereocenters. The van der Waals surface area contributed by atoms with Crippen LogP contribution < -0.4 is 9.47 Å². The second-order valence-electron chi connectivity index (χ2n) is 22.5. The smallest absolute Gasteiger partial charge is 0.119 e. The predicted octanol–water partition coefficient (Wildman–Crippen LogP) is 21.6. The molecular formula is C79H54O2. The highest BCUT2D eigenvalue weighted by atomic mass is 16.5. The molecule has 2 heteroatoms. The normalized spacial score (nSPS) is 12.8. The van der Waals surface area contributed by atoms with Gasteiger partial charge in [0, 0.05) is 5.41 Å². The first-order chi connectivity index (χ1) is 39.8.